The number of aliphatic imine (C=N–C) groups is 2. The van der Waals surface area contributed by atoms with Crippen molar-refractivity contribution >= 4 is 17.9 Å². The Kier molecular flexibility index (Phi) is 7.48. The lowest BCUT2D eigenvalue weighted by Crippen LogP contribution is -2.26. The fourth-order valence-electron chi connectivity index (χ4n) is 3.24. The van der Waals surface area contributed by atoms with Gasteiger partial charge in [0.25, 0.3) is 0 Å². The predicted molar refractivity (Wildman–Crippen MR) is 116 cm³/mol. The average Bonchev–Trinajstić information content (AvgIpc) is 2.92. The normalized spacial score (nSPS) is 18.2. The highest BCUT2D eigenvalue weighted by Gasteiger charge is 2.27. The molecule has 0 saturated carbocycles. The number of hydrogen-bond donors (Lipinski definition) is 1. The molecule has 1 atom stereocenters. The number of benzene rings is 1. The van der Waals surface area contributed by atoms with E-state index in [-0.39, 0.29) is 6.04 Å². The Morgan fingerprint density at radius 2 is 2.17 bits per heavy atom. The SMILES string of the molecule is C#Cc1cccc(NC2=NC=NC3CCC(OCCCOC)=C(OCC)C=C23)c1. The number of nitrogens with zero attached hydrogens (tertiary/aromatic N) is 2. The zero-order chi connectivity index (χ0) is 20.5. The minimum atomic E-state index is 0.00125. The summed E-state index contributed by atoms with van der Waals surface area (Å²) in [5.41, 5.74) is 2.68. The molecule has 0 aromatic heterocycles. The highest BCUT2D eigenvalue weighted by molar-refractivity contribution is 6.13. The molecule has 1 N–H and O–H groups in total. The number of amidine groups is 1. The number of ether oxygens (including phenoxy) is 3. The first-order valence-corrected chi connectivity index (χ1v) is 9.88. The van der Waals surface area contributed by atoms with E-state index in [1.807, 2.05) is 37.3 Å². The van der Waals surface area contributed by atoms with Crippen LogP contribution >= 0.6 is 0 Å². The van der Waals surface area contributed by atoms with Gasteiger partial charge in [-0.1, -0.05) is 12.0 Å². The first-order valence-electron chi connectivity index (χ1n) is 9.88. The second kappa shape index (κ2) is 10.5. The van der Waals surface area contributed by atoms with Crippen LogP contribution in [0.3, 0.4) is 0 Å². The second-order valence-electron chi connectivity index (χ2n) is 6.66. The van der Waals surface area contributed by atoms with E-state index in [1.165, 1.54) is 0 Å². The van der Waals surface area contributed by atoms with E-state index in [2.05, 4.69) is 21.2 Å². The molecule has 1 aromatic rings. The van der Waals surface area contributed by atoms with Gasteiger partial charge >= 0.3 is 0 Å². The van der Waals surface area contributed by atoms with E-state index in [0.29, 0.717) is 19.8 Å². The molecule has 3 rings (SSSR count). The smallest absolute Gasteiger partial charge is 0.157 e. The van der Waals surface area contributed by atoms with Gasteiger partial charge in [-0.25, -0.2) is 4.99 Å². The van der Waals surface area contributed by atoms with Crippen LogP contribution in [0.15, 0.2) is 57.4 Å². The third kappa shape index (κ3) is 5.49. The summed E-state index contributed by atoms with van der Waals surface area (Å²) in [6.45, 7) is 3.79. The number of anilines is 1. The predicted octanol–water partition coefficient (Wildman–Crippen LogP) is 3.91. The number of fused-ring (bicyclic) bond motifs is 1. The molecule has 0 radical (unpaired) electrons. The fourth-order valence-corrected chi connectivity index (χ4v) is 3.24. The summed E-state index contributed by atoms with van der Waals surface area (Å²) >= 11 is 0. The number of terminal acetylenes is 1. The van der Waals surface area contributed by atoms with Crippen molar-refractivity contribution in [2.24, 2.45) is 9.98 Å². The minimum Gasteiger partial charge on any atom is -0.494 e. The summed E-state index contributed by atoms with van der Waals surface area (Å²) in [5, 5.41) is 3.38. The molecule has 1 heterocycles. The molecule has 152 valence electrons. The van der Waals surface area contributed by atoms with Crippen molar-refractivity contribution < 1.29 is 14.2 Å². The summed E-state index contributed by atoms with van der Waals surface area (Å²) in [7, 11) is 1.69. The number of allylic oxidation sites excluding steroid dienone is 2. The van der Waals surface area contributed by atoms with Crippen molar-refractivity contribution in [2.75, 3.05) is 32.2 Å². The van der Waals surface area contributed by atoms with E-state index < -0.39 is 0 Å². The second-order valence-corrected chi connectivity index (χ2v) is 6.66. The van der Waals surface area contributed by atoms with Crippen molar-refractivity contribution in [3.8, 4) is 12.3 Å². The molecule has 0 amide bonds. The average molecular weight is 393 g/mol. The molecule has 1 unspecified atom stereocenters. The largest absolute Gasteiger partial charge is 0.494 e. The molecule has 6 nitrogen and oxygen atoms in total. The van der Waals surface area contributed by atoms with Crippen LogP contribution in [0.5, 0.6) is 0 Å². The Labute approximate surface area is 172 Å². The third-order valence-electron chi connectivity index (χ3n) is 4.63. The molecule has 29 heavy (non-hydrogen) atoms. The lowest BCUT2D eigenvalue weighted by Gasteiger charge is -2.21. The van der Waals surface area contributed by atoms with Gasteiger partial charge < -0.3 is 19.5 Å². The standard InChI is InChI=1S/C23H27N3O3/c1-4-17-8-6-9-18(14-17)26-23-19-15-22(28-5-2)21(29-13-7-12-27-3)11-10-20(19)24-16-25-23/h1,6,8-9,14-16,20H,5,7,10-13H2,2-3H3,(H,24,25,26). The quantitative estimate of drug-likeness (QED) is 0.537. The summed E-state index contributed by atoms with van der Waals surface area (Å²) < 4.78 is 17.0. The molecule has 1 aliphatic heterocycles. The highest BCUT2D eigenvalue weighted by Crippen LogP contribution is 2.29. The summed E-state index contributed by atoms with van der Waals surface area (Å²) in [4.78, 5) is 9.04. The van der Waals surface area contributed by atoms with E-state index in [1.54, 1.807) is 13.4 Å². The number of methoxy groups -OCH3 is 1. The van der Waals surface area contributed by atoms with Crippen LogP contribution in [0.2, 0.25) is 0 Å². The van der Waals surface area contributed by atoms with Crippen LogP contribution in [-0.2, 0) is 14.2 Å². The first-order chi connectivity index (χ1) is 14.2. The monoisotopic (exact) mass is 393 g/mol. The summed E-state index contributed by atoms with van der Waals surface area (Å²) in [6, 6.07) is 7.70. The van der Waals surface area contributed by atoms with Gasteiger partial charge in [0.15, 0.2) is 5.76 Å². The molecular formula is C23H27N3O3. The van der Waals surface area contributed by atoms with Gasteiger partial charge in [0.2, 0.25) is 0 Å². The highest BCUT2D eigenvalue weighted by atomic mass is 16.5. The van der Waals surface area contributed by atoms with Crippen molar-refractivity contribution in [3.63, 3.8) is 0 Å². The maximum Gasteiger partial charge on any atom is 0.157 e. The van der Waals surface area contributed by atoms with Gasteiger partial charge in [-0.2, -0.15) is 0 Å². The molecule has 0 fully saturated rings. The van der Waals surface area contributed by atoms with Crippen molar-refractivity contribution in [2.45, 2.75) is 32.2 Å². The van der Waals surface area contributed by atoms with E-state index in [4.69, 9.17) is 20.6 Å². The van der Waals surface area contributed by atoms with E-state index in [0.717, 1.165) is 53.4 Å². The molecule has 6 heteroatoms. The third-order valence-corrected chi connectivity index (χ3v) is 4.63. The molecule has 2 aliphatic rings. The first kappa shape index (κ1) is 20.7. The van der Waals surface area contributed by atoms with Crippen LogP contribution in [0.25, 0.3) is 0 Å². The van der Waals surface area contributed by atoms with Crippen LogP contribution in [0.4, 0.5) is 5.69 Å². The number of rotatable bonds is 8. The topological polar surface area (TPSA) is 64.4 Å². The van der Waals surface area contributed by atoms with Crippen molar-refractivity contribution in [3.05, 3.63) is 53.0 Å². The maximum atomic E-state index is 6.02. The van der Waals surface area contributed by atoms with Gasteiger partial charge in [-0.05, 0) is 37.6 Å². The Bertz CT molecular complexity index is 878. The van der Waals surface area contributed by atoms with Crippen LogP contribution in [0.1, 0.15) is 31.7 Å². The van der Waals surface area contributed by atoms with Gasteiger partial charge in [0.1, 0.15) is 17.9 Å². The molecule has 0 spiro atoms. The zero-order valence-electron chi connectivity index (χ0n) is 17.0. The molecule has 1 aliphatic carbocycles. The molecular weight excluding hydrogens is 366 g/mol. The Morgan fingerprint density at radius 3 is 2.97 bits per heavy atom. The molecule has 0 saturated heterocycles. The molecule has 1 aromatic carbocycles. The summed E-state index contributed by atoms with van der Waals surface area (Å²) in [6.07, 6.45) is 11.5. The van der Waals surface area contributed by atoms with Crippen LogP contribution < -0.4 is 5.32 Å². The van der Waals surface area contributed by atoms with Gasteiger partial charge in [0.05, 0.1) is 19.3 Å². The zero-order valence-corrected chi connectivity index (χ0v) is 17.0. The van der Waals surface area contributed by atoms with Crippen LogP contribution in [0, 0.1) is 12.3 Å². The lowest BCUT2D eigenvalue weighted by molar-refractivity contribution is 0.126. The maximum absolute atomic E-state index is 6.02. The van der Waals surface area contributed by atoms with Crippen molar-refractivity contribution in [1.82, 2.24) is 0 Å². The van der Waals surface area contributed by atoms with Gasteiger partial charge in [-0.3, -0.25) is 4.99 Å². The Balaban J connectivity index is 1.84. The van der Waals surface area contributed by atoms with Gasteiger partial charge in [0, 0.05) is 43.4 Å². The lowest BCUT2D eigenvalue weighted by atomic mass is 10.0. The Hall–Kier alpha value is -3.04. The van der Waals surface area contributed by atoms with E-state index >= 15 is 0 Å². The van der Waals surface area contributed by atoms with Crippen LogP contribution in [-0.4, -0.2) is 45.1 Å². The van der Waals surface area contributed by atoms with E-state index in [9.17, 15) is 0 Å². The molecule has 0 bridgehead atoms. The Morgan fingerprint density at radius 1 is 1.28 bits per heavy atom. The number of hydrogen-bond acceptors (Lipinski definition) is 6. The fraction of sp³-hybridized carbons (Fsp3) is 0.391. The minimum absolute atomic E-state index is 0.00125. The van der Waals surface area contributed by atoms with Crippen molar-refractivity contribution in [1.29, 1.82) is 0 Å². The van der Waals surface area contributed by atoms with Gasteiger partial charge in [-0.15, -0.1) is 6.42 Å². The summed E-state index contributed by atoms with van der Waals surface area (Å²) in [5.74, 6) is 5.00. The number of nitrogens with one attached hydrogen (secondary N) is 1.